The zero-order valence-electron chi connectivity index (χ0n) is 12.2. The highest BCUT2D eigenvalue weighted by molar-refractivity contribution is 5.11. The molecule has 1 aromatic heterocycles. The van der Waals surface area contributed by atoms with Crippen molar-refractivity contribution in [2.45, 2.75) is 46.1 Å². The molecule has 19 heavy (non-hydrogen) atoms. The van der Waals surface area contributed by atoms with E-state index in [4.69, 9.17) is 9.72 Å². The van der Waals surface area contributed by atoms with E-state index in [0.29, 0.717) is 12.2 Å². The van der Waals surface area contributed by atoms with Crippen molar-refractivity contribution in [3.05, 3.63) is 29.6 Å². The smallest absolute Gasteiger partial charge is 0.0678 e. The molecule has 0 amide bonds. The first-order valence-electron chi connectivity index (χ1n) is 7.20. The molecule has 0 radical (unpaired) electrons. The van der Waals surface area contributed by atoms with Crippen LogP contribution < -0.4 is 5.32 Å². The molecule has 2 atom stereocenters. The second-order valence-electron chi connectivity index (χ2n) is 5.35. The minimum Gasteiger partial charge on any atom is -0.373 e. The fraction of sp³-hybridized carbons (Fsp3) is 0.667. The van der Waals surface area contributed by atoms with Gasteiger partial charge < -0.3 is 10.1 Å². The summed E-state index contributed by atoms with van der Waals surface area (Å²) < 4.78 is 5.76. The quantitative estimate of drug-likeness (QED) is 0.879. The summed E-state index contributed by atoms with van der Waals surface area (Å²) in [6, 6.07) is 6.29. The number of rotatable bonds is 5. The Kier molecular flexibility index (Phi) is 5.31. The van der Waals surface area contributed by atoms with Crippen molar-refractivity contribution < 1.29 is 4.74 Å². The molecule has 2 rings (SSSR count). The summed E-state index contributed by atoms with van der Waals surface area (Å²) in [5.74, 6) is 0. The Morgan fingerprint density at radius 1 is 1.26 bits per heavy atom. The molecule has 1 aliphatic rings. The van der Waals surface area contributed by atoms with E-state index in [0.717, 1.165) is 44.1 Å². The second kappa shape index (κ2) is 6.98. The van der Waals surface area contributed by atoms with Gasteiger partial charge in [0.15, 0.2) is 0 Å². The lowest BCUT2D eigenvalue weighted by molar-refractivity contribution is -0.0707. The monoisotopic (exact) mass is 263 g/mol. The van der Waals surface area contributed by atoms with Crippen molar-refractivity contribution in [2.75, 3.05) is 19.6 Å². The van der Waals surface area contributed by atoms with Gasteiger partial charge in [-0.2, -0.15) is 0 Å². The van der Waals surface area contributed by atoms with E-state index in [2.05, 4.69) is 49.2 Å². The minimum absolute atomic E-state index is 0.314. The molecule has 0 aliphatic carbocycles. The Morgan fingerprint density at radius 3 is 2.63 bits per heavy atom. The number of pyridine rings is 1. The highest BCUT2D eigenvalue weighted by Gasteiger charge is 2.22. The topological polar surface area (TPSA) is 37.4 Å². The Balaban J connectivity index is 1.94. The largest absolute Gasteiger partial charge is 0.373 e. The van der Waals surface area contributed by atoms with Gasteiger partial charge in [-0.1, -0.05) is 13.0 Å². The molecular weight excluding hydrogens is 238 g/mol. The van der Waals surface area contributed by atoms with Crippen LogP contribution in [0.15, 0.2) is 18.2 Å². The van der Waals surface area contributed by atoms with Crippen LogP contribution in [0.3, 0.4) is 0 Å². The van der Waals surface area contributed by atoms with E-state index in [1.165, 1.54) is 0 Å². The summed E-state index contributed by atoms with van der Waals surface area (Å²) in [5, 5.41) is 3.31. The third kappa shape index (κ3) is 4.56. The zero-order valence-corrected chi connectivity index (χ0v) is 12.2. The van der Waals surface area contributed by atoms with Crippen molar-refractivity contribution in [1.82, 2.24) is 15.2 Å². The first kappa shape index (κ1) is 14.4. The summed E-state index contributed by atoms with van der Waals surface area (Å²) in [5.41, 5.74) is 2.27. The van der Waals surface area contributed by atoms with Gasteiger partial charge in [0.25, 0.3) is 0 Å². The molecule has 1 aliphatic heterocycles. The fourth-order valence-electron chi connectivity index (χ4n) is 2.61. The molecule has 2 heterocycles. The molecule has 0 spiro atoms. The lowest BCUT2D eigenvalue weighted by Gasteiger charge is -2.35. The van der Waals surface area contributed by atoms with Crippen LogP contribution in [0, 0.1) is 0 Å². The van der Waals surface area contributed by atoms with Gasteiger partial charge in [-0.3, -0.25) is 9.88 Å². The van der Waals surface area contributed by atoms with Crippen molar-refractivity contribution in [1.29, 1.82) is 0 Å². The Bertz CT molecular complexity index is 387. The molecule has 0 aromatic carbocycles. The Morgan fingerprint density at radius 2 is 1.95 bits per heavy atom. The number of nitrogens with one attached hydrogen (secondary N) is 1. The second-order valence-corrected chi connectivity index (χ2v) is 5.35. The number of ether oxygens (including phenoxy) is 1. The predicted molar refractivity (Wildman–Crippen MR) is 76.9 cm³/mol. The molecule has 0 unspecified atom stereocenters. The van der Waals surface area contributed by atoms with Crippen LogP contribution in [0.4, 0.5) is 0 Å². The molecule has 1 aromatic rings. The van der Waals surface area contributed by atoms with E-state index < -0.39 is 0 Å². The van der Waals surface area contributed by atoms with Gasteiger partial charge in [0.1, 0.15) is 0 Å². The van der Waals surface area contributed by atoms with Crippen LogP contribution >= 0.6 is 0 Å². The van der Waals surface area contributed by atoms with Gasteiger partial charge in [0.05, 0.1) is 23.6 Å². The average Bonchev–Trinajstić information content (AvgIpc) is 2.35. The third-order valence-corrected chi connectivity index (χ3v) is 3.30. The molecule has 1 fully saturated rings. The van der Waals surface area contributed by atoms with Crippen LogP contribution in [0.2, 0.25) is 0 Å². The highest BCUT2D eigenvalue weighted by atomic mass is 16.5. The maximum Gasteiger partial charge on any atom is 0.0678 e. The van der Waals surface area contributed by atoms with Crippen LogP contribution in [-0.2, 0) is 17.8 Å². The molecule has 1 saturated heterocycles. The SMILES string of the molecule is CCNCc1cccc(CN2C[C@@H](C)O[C@@H](C)C2)n1. The van der Waals surface area contributed by atoms with E-state index in [-0.39, 0.29) is 0 Å². The van der Waals surface area contributed by atoms with Gasteiger partial charge in [0, 0.05) is 26.2 Å². The molecule has 0 bridgehead atoms. The molecule has 106 valence electrons. The average molecular weight is 263 g/mol. The van der Waals surface area contributed by atoms with E-state index >= 15 is 0 Å². The Labute approximate surface area is 116 Å². The van der Waals surface area contributed by atoms with Crippen LogP contribution in [-0.4, -0.2) is 41.7 Å². The standard InChI is InChI=1S/C15H25N3O/c1-4-16-8-14-6-5-7-15(17-14)11-18-9-12(2)19-13(3)10-18/h5-7,12-13,16H,4,8-11H2,1-3H3/t12-,13+. The first-order valence-corrected chi connectivity index (χ1v) is 7.20. The molecule has 1 N–H and O–H groups in total. The Hall–Kier alpha value is -0.970. The van der Waals surface area contributed by atoms with E-state index in [1.54, 1.807) is 0 Å². The molecule has 4 nitrogen and oxygen atoms in total. The number of hydrogen-bond acceptors (Lipinski definition) is 4. The maximum atomic E-state index is 5.76. The van der Waals surface area contributed by atoms with Crippen molar-refractivity contribution in [3.63, 3.8) is 0 Å². The van der Waals surface area contributed by atoms with Gasteiger partial charge in [-0.25, -0.2) is 0 Å². The predicted octanol–water partition coefficient (Wildman–Crippen LogP) is 1.80. The number of morpholine rings is 1. The highest BCUT2D eigenvalue weighted by Crippen LogP contribution is 2.13. The fourth-order valence-corrected chi connectivity index (χ4v) is 2.61. The summed E-state index contributed by atoms with van der Waals surface area (Å²) in [7, 11) is 0. The lowest BCUT2D eigenvalue weighted by atomic mass is 10.2. The molecular formula is C15H25N3O. The summed E-state index contributed by atoms with van der Waals surface area (Å²) >= 11 is 0. The molecule has 4 heteroatoms. The normalized spacial score (nSPS) is 24.6. The first-order chi connectivity index (χ1) is 9.17. The van der Waals surface area contributed by atoms with Crippen LogP contribution in [0.25, 0.3) is 0 Å². The minimum atomic E-state index is 0.314. The molecule has 0 saturated carbocycles. The van der Waals surface area contributed by atoms with Crippen LogP contribution in [0.5, 0.6) is 0 Å². The third-order valence-electron chi connectivity index (χ3n) is 3.30. The number of nitrogens with zero attached hydrogens (tertiary/aromatic N) is 2. The van der Waals surface area contributed by atoms with Crippen LogP contribution in [0.1, 0.15) is 32.2 Å². The number of aromatic nitrogens is 1. The van der Waals surface area contributed by atoms with E-state index in [1.807, 2.05) is 0 Å². The van der Waals surface area contributed by atoms with Gasteiger partial charge in [0.2, 0.25) is 0 Å². The maximum absolute atomic E-state index is 5.76. The van der Waals surface area contributed by atoms with E-state index in [9.17, 15) is 0 Å². The van der Waals surface area contributed by atoms with Crippen molar-refractivity contribution in [3.8, 4) is 0 Å². The van der Waals surface area contributed by atoms with Crippen molar-refractivity contribution >= 4 is 0 Å². The lowest BCUT2D eigenvalue weighted by Crippen LogP contribution is -2.44. The van der Waals surface area contributed by atoms with Crippen molar-refractivity contribution in [2.24, 2.45) is 0 Å². The number of hydrogen-bond donors (Lipinski definition) is 1. The zero-order chi connectivity index (χ0) is 13.7. The summed E-state index contributed by atoms with van der Waals surface area (Å²) in [6.45, 7) is 11.1. The summed E-state index contributed by atoms with van der Waals surface area (Å²) in [4.78, 5) is 7.14. The van der Waals surface area contributed by atoms with Gasteiger partial charge in [-0.05, 0) is 32.5 Å². The van der Waals surface area contributed by atoms with Gasteiger partial charge >= 0.3 is 0 Å². The summed E-state index contributed by atoms with van der Waals surface area (Å²) in [6.07, 6.45) is 0.627. The van der Waals surface area contributed by atoms with Gasteiger partial charge in [-0.15, -0.1) is 0 Å².